The Kier molecular flexibility index (Phi) is 6.77. The highest BCUT2D eigenvalue weighted by Gasteiger charge is 2.88. The Morgan fingerprint density at radius 2 is 1.91 bits per heavy atom. The molecule has 13 atom stereocenters. The molecule has 236 valence electrons. The fraction of sp³-hybridized carbons (Fsp3) is 0.710. The molecule has 12 heteroatoms. The molecule has 12 nitrogen and oxygen atoms in total. The molecule has 2 saturated carbocycles. The molecule has 43 heavy (non-hydrogen) atoms. The van der Waals surface area contributed by atoms with E-state index in [1.807, 2.05) is 6.92 Å². The number of hydrogen-bond acceptors (Lipinski definition) is 11. The summed E-state index contributed by atoms with van der Waals surface area (Å²) in [5, 5.41) is 42.7. The second kappa shape index (κ2) is 9.61. The molecule has 5 fully saturated rings. The largest absolute Gasteiger partial charge is 0.481 e. The molecule has 1 spiro atoms. The van der Waals surface area contributed by atoms with Crippen LogP contribution < -0.4 is 0 Å². The molecule has 0 radical (unpaired) electrons. The summed E-state index contributed by atoms with van der Waals surface area (Å²) in [5.41, 5.74) is -3.75. The van der Waals surface area contributed by atoms with E-state index in [-0.39, 0.29) is 6.42 Å². The van der Waals surface area contributed by atoms with Gasteiger partial charge in [-0.05, 0) is 30.0 Å². The van der Waals surface area contributed by atoms with Crippen molar-refractivity contribution in [3.63, 3.8) is 0 Å². The van der Waals surface area contributed by atoms with Crippen LogP contribution in [0.15, 0.2) is 35.2 Å². The van der Waals surface area contributed by atoms with Crippen molar-refractivity contribution in [2.45, 2.75) is 101 Å². The van der Waals surface area contributed by atoms with Crippen molar-refractivity contribution in [2.24, 2.45) is 28.6 Å². The third-order valence-electron chi connectivity index (χ3n) is 11.4. The second-order valence-corrected chi connectivity index (χ2v) is 13.9. The first-order valence-electron chi connectivity index (χ1n) is 14.7. The van der Waals surface area contributed by atoms with E-state index in [1.54, 1.807) is 33.8 Å². The van der Waals surface area contributed by atoms with E-state index >= 15 is 0 Å². The maximum atomic E-state index is 13.5. The number of aliphatic carboxylic acids is 1. The van der Waals surface area contributed by atoms with Crippen molar-refractivity contribution >= 4 is 17.9 Å². The van der Waals surface area contributed by atoms with Crippen LogP contribution in [-0.4, -0.2) is 92.8 Å². The lowest BCUT2D eigenvalue weighted by Crippen LogP contribution is -2.64. The van der Waals surface area contributed by atoms with E-state index in [0.29, 0.717) is 11.1 Å². The maximum Gasteiger partial charge on any atom is 0.335 e. The Morgan fingerprint density at radius 3 is 2.49 bits per heavy atom. The summed E-state index contributed by atoms with van der Waals surface area (Å²) in [6, 6.07) is 1.72. The summed E-state index contributed by atoms with van der Waals surface area (Å²) in [7, 11) is 0. The molecule has 1 aromatic heterocycles. The third kappa shape index (κ3) is 3.76. The summed E-state index contributed by atoms with van der Waals surface area (Å²) in [6.07, 6.45) is -3.95. The summed E-state index contributed by atoms with van der Waals surface area (Å²) < 4.78 is 30.2. The number of aliphatic hydroxyl groups excluding tert-OH is 3. The Bertz CT molecular complexity index is 1340. The number of epoxide rings is 1. The van der Waals surface area contributed by atoms with Crippen molar-refractivity contribution in [1.29, 1.82) is 0 Å². The van der Waals surface area contributed by atoms with Gasteiger partial charge in [0.05, 0.1) is 49.6 Å². The number of carboxylic acid groups (broad SMARTS) is 1. The summed E-state index contributed by atoms with van der Waals surface area (Å²) in [5.74, 6) is -5.15. The molecule has 1 aromatic rings. The zero-order valence-corrected chi connectivity index (χ0v) is 24.9. The van der Waals surface area contributed by atoms with Crippen molar-refractivity contribution in [1.82, 2.24) is 0 Å². The number of carbonyl (C=O) groups is 3. The standard InChI is InChI=1S/C31H40O12/c1-13(2)22(36)27(38)41-26-24-20(14(3)31-25(43-31)23(37)21(30(26,31)6)15-7-8-39-11-15)29(5,17(40-24)10-18(33)34)16-9-19(35)42-28(16,4)12-32/h7-8,11,13,16-17,20-26,32,36-37H,3,9-10,12H2,1-2,4-6H3,(H,33,34)/t16-,17-,20+,21+,22?,23+,24+,25+,26-,28+,29+,30+,31+/m0/s1. The first-order valence-corrected chi connectivity index (χ1v) is 14.7. The van der Waals surface area contributed by atoms with E-state index < -0.39 is 113 Å². The third-order valence-corrected chi connectivity index (χ3v) is 11.4. The molecule has 0 amide bonds. The van der Waals surface area contributed by atoms with Gasteiger partial charge in [0.2, 0.25) is 0 Å². The Labute approximate surface area is 248 Å². The zero-order valence-electron chi connectivity index (χ0n) is 24.9. The monoisotopic (exact) mass is 604 g/mol. The molecular weight excluding hydrogens is 564 g/mol. The summed E-state index contributed by atoms with van der Waals surface area (Å²) in [4.78, 5) is 38.4. The number of hydrogen-bond donors (Lipinski definition) is 4. The van der Waals surface area contributed by atoms with Gasteiger partial charge in [0, 0.05) is 23.2 Å². The molecule has 0 aromatic carbocycles. The van der Waals surface area contributed by atoms with Crippen LogP contribution in [-0.2, 0) is 33.3 Å². The van der Waals surface area contributed by atoms with E-state index in [1.165, 1.54) is 12.5 Å². The van der Waals surface area contributed by atoms with Gasteiger partial charge in [0.1, 0.15) is 29.5 Å². The number of aliphatic hydroxyl groups is 3. The molecule has 6 rings (SSSR count). The predicted octanol–water partition coefficient (Wildman–Crippen LogP) is 1.56. The fourth-order valence-corrected chi connectivity index (χ4v) is 9.32. The van der Waals surface area contributed by atoms with Gasteiger partial charge in [0.15, 0.2) is 6.10 Å². The number of furan rings is 1. The van der Waals surface area contributed by atoms with Gasteiger partial charge in [-0.3, -0.25) is 9.59 Å². The molecule has 1 unspecified atom stereocenters. The molecule has 0 bridgehead atoms. The normalized spacial score (nSPS) is 47.1. The highest BCUT2D eigenvalue weighted by molar-refractivity contribution is 5.75. The minimum absolute atomic E-state index is 0.102. The van der Waals surface area contributed by atoms with Crippen LogP contribution >= 0.6 is 0 Å². The summed E-state index contributed by atoms with van der Waals surface area (Å²) >= 11 is 0. The van der Waals surface area contributed by atoms with Gasteiger partial charge in [-0.1, -0.05) is 34.3 Å². The fourth-order valence-electron chi connectivity index (χ4n) is 9.32. The van der Waals surface area contributed by atoms with Gasteiger partial charge < -0.3 is 43.8 Å². The molecule has 3 saturated heterocycles. The molecular formula is C31H40O12. The van der Waals surface area contributed by atoms with Gasteiger partial charge in [-0.25, -0.2) is 4.79 Å². The van der Waals surface area contributed by atoms with Crippen LogP contribution in [0.4, 0.5) is 0 Å². The van der Waals surface area contributed by atoms with Crippen LogP contribution in [0.2, 0.25) is 0 Å². The average Bonchev–Trinajstić information content (AvgIpc) is 3.13. The smallest absolute Gasteiger partial charge is 0.335 e. The van der Waals surface area contributed by atoms with E-state index in [0.717, 1.165) is 0 Å². The van der Waals surface area contributed by atoms with Gasteiger partial charge in [-0.2, -0.15) is 0 Å². The van der Waals surface area contributed by atoms with Crippen LogP contribution in [0.3, 0.4) is 0 Å². The number of carboxylic acids is 1. The van der Waals surface area contributed by atoms with E-state index in [9.17, 15) is 34.8 Å². The molecule has 2 aliphatic carbocycles. The molecule has 4 heterocycles. The summed E-state index contributed by atoms with van der Waals surface area (Å²) in [6.45, 7) is 12.6. The Morgan fingerprint density at radius 1 is 1.21 bits per heavy atom. The van der Waals surface area contributed by atoms with Crippen LogP contribution in [0.25, 0.3) is 0 Å². The van der Waals surface area contributed by atoms with Crippen LogP contribution in [0.5, 0.6) is 0 Å². The van der Waals surface area contributed by atoms with Crippen LogP contribution in [0.1, 0.15) is 58.9 Å². The minimum atomic E-state index is -1.46. The first-order chi connectivity index (χ1) is 20.1. The van der Waals surface area contributed by atoms with E-state index in [2.05, 4.69) is 6.58 Å². The highest BCUT2D eigenvalue weighted by Crippen LogP contribution is 2.78. The lowest BCUT2D eigenvalue weighted by molar-refractivity contribution is -0.199. The molecule has 4 N–H and O–H groups in total. The number of esters is 2. The topological polar surface area (TPSA) is 185 Å². The van der Waals surface area contributed by atoms with Crippen molar-refractivity contribution in [2.75, 3.05) is 6.61 Å². The number of carbonyl (C=O) groups excluding carboxylic acids is 2. The number of fused-ring (bicyclic) bond motifs is 1. The SMILES string of the molecule is C=C1[C@@H]2[C@@H](O[C@@H](CC(=O)O)[C@@]2(C)[C@H]2CC(=O)O[C@]2(C)CO)[C@H](OC(=O)C(O)C(C)C)[C@@]2(C)[C@H](c3ccoc3)[C@@H](O)[C@H]3O[C@]132. The lowest BCUT2D eigenvalue weighted by Gasteiger charge is -2.55. The lowest BCUT2D eigenvalue weighted by atomic mass is 9.49. The van der Waals surface area contributed by atoms with Crippen LogP contribution in [0, 0.1) is 28.6 Å². The number of cyclic esters (lactones) is 1. The van der Waals surface area contributed by atoms with Crippen molar-refractivity contribution in [3.05, 3.63) is 36.3 Å². The zero-order chi connectivity index (χ0) is 31.4. The maximum absolute atomic E-state index is 13.5. The molecule has 3 aliphatic heterocycles. The number of rotatable bonds is 8. The predicted molar refractivity (Wildman–Crippen MR) is 145 cm³/mol. The van der Waals surface area contributed by atoms with Crippen molar-refractivity contribution < 1.29 is 58.2 Å². The minimum Gasteiger partial charge on any atom is -0.481 e. The van der Waals surface area contributed by atoms with Gasteiger partial charge in [0.25, 0.3) is 0 Å². The highest BCUT2D eigenvalue weighted by atomic mass is 16.6. The Balaban J connectivity index is 1.54. The van der Waals surface area contributed by atoms with Gasteiger partial charge >= 0.3 is 17.9 Å². The Hall–Kier alpha value is -2.77. The second-order valence-electron chi connectivity index (χ2n) is 13.9. The van der Waals surface area contributed by atoms with Crippen molar-refractivity contribution in [3.8, 4) is 0 Å². The van der Waals surface area contributed by atoms with Gasteiger partial charge in [-0.15, -0.1) is 0 Å². The van der Waals surface area contributed by atoms with E-state index in [4.69, 9.17) is 23.4 Å². The first kappa shape index (κ1) is 30.3. The quantitative estimate of drug-likeness (QED) is 0.191. The number of ether oxygens (including phenoxy) is 4. The molecule has 5 aliphatic rings. The average molecular weight is 605 g/mol.